The van der Waals surface area contributed by atoms with Gasteiger partial charge in [0.15, 0.2) is 6.29 Å². The maximum Gasteiger partial charge on any atom is 0.179 e. The zero-order valence-electron chi connectivity index (χ0n) is 14.6. The van der Waals surface area contributed by atoms with Gasteiger partial charge in [-0.1, -0.05) is 24.3 Å². The lowest BCUT2D eigenvalue weighted by atomic mass is 10.0. The average Bonchev–Trinajstić information content (AvgIpc) is 2.69. The number of aromatic nitrogens is 2. The van der Waals surface area contributed by atoms with E-state index in [1.54, 1.807) is 12.3 Å². The highest BCUT2D eigenvalue weighted by molar-refractivity contribution is 6.07. The molecule has 0 N–H and O–H groups in total. The Morgan fingerprint density at radius 2 is 2.08 bits per heavy atom. The van der Waals surface area contributed by atoms with Gasteiger partial charge in [-0.15, -0.1) is 0 Å². The number of rotatable bonds is 3. The Morgan fingerprint density at radius 1 is 1.19 bits per heavy atom. The van der Waals surface area contributed by atoms with Crippen LogP contribution in [0.15, 0.2) is 66.2 Å². The Morgan fingerprint density at radius 3 is 2.88 bits per heavy atom. The lowest BCUT2D eigenvalue weighted by molar-refractivity contribution is 0.111. The lowest BCUT2D eigenvalue weighted by Gasteiger charge is -2.38. The molecule has 1 atom stereocenters. The Hall–Kier alpha value is -2.86. The second-order valence-electron chi connectivity index (χ2n) is 6.40. The van der Waals surface area contributed by atoms with Crippen molar-refractivity contribution >= 4 is 11.3 Å². The predicted molar refractivity (Wildman–Crippen MR) is 99.8 cm³/mol. The predicted octanol–water partition coefficient (Wildman–Crippen LogP) is 2.94. The second kappa shape index (κ2) is 7.17. The smallest absolute Gasteiger partial charge is 0.179 e. The third-order valence-electron chi connectivity index (χ3n) is 4.66. The summed E-state index contributed by atoms with van der Waals surface area (Å²) in [5, 5.41) is 0. The monoisotopic (exact) mass is 349 g/mol. The fourth-order valence-electron chi connectivity index (χ4n) is 3.34. The minimum absolute atomic E-state index is 0.138. The Labute approximate surface area is 152 Å². The van der Waals surface area contributed by atoms with Crippen molar-refractivity contribution in [2.45, 2.75) is 12.7 Å². The third-order valence-corrected chi connectivity index (χ3v) is 4.66. The highest BCUT2D eigenvalue weighted by Gasteiger charge is 2.27. The number of nitrogens with zero attached hydrogens (tertiary/aromatic N) is 5. The van der Waals surface area contributed by atoms with Crippen LogP contribution in [0.5, 0.6) is 0 Å². The second-order valence-corrected chi connectivity index (χ2v) is 6.40. The minimum Gasteiger partial charge on any atom is -0.347 e. The molecule has 5 nitrogen and oxygen atoms in total. The summed E-state index contributed by atoms with van der Waals surface area (Å²) in [5.41, 5.74) is 3.32. The molecule has 0 bridgehead atoms. The van der Waals surface area contributed by atoms with Crippen molar-refractivity contribution in [3.63, 3.8) is 0 Å². The Kier molecular flexibility index (Phi) is 4.58. The van der Waals surface area contributed by atoms with Gasteiger partial charge in [0, 0.05) is 38.1 Å². The fraction of sp³-hybridized carbons (Fsp3) is 0.250. The molecule has 0 aliphatic carbocycles. The SMILES string of the molecule is CN1C=CC(c2ccncn2)=NC1N1CCC=C(c2ccccc2F)C1. The molecule has 1 aromatic carbocycles. The van der Waals surface area contributed by atoms with E-state index in [2.05, 4.69) is 25.8 Å². The summed E-state index contributed by atoms with van der Waals surface area (Å²) in [7, 11) is 2.00. The van der Waals surface area contributed by atoms with Crippen molar-refractivity contribution in [3.8, 4) is 0 Å². The number of halogens is 1. The maximum atomic E-state index is 14.2. The van der Waals surface area contributed by atoms with E-state index in [9.17, 15) is 4.39 Å². The van der Waals surface area contributed by atoms with Crippen LogP contribution in [-0.2, 0) is 0 Å². The molecule has 0 amide bonds. The largest absolute Gasteiger partial charge is 0.347 e. The van der Waals surface area contributed by atoms with E-state index < -0.39 is 0 Å². The molecular formula is C20H20FN5. The first-order chi connectivity index (χ1) is 12.7. The minimum atomic E-state index is -0.178. The number of hydrogen-bond donors (Lipinski definition) is 0. The fourth-order valence-corrected chi connectivity index (χ4v) is 3.34. The standard InChI is InChI=1S/C20H20FN5/c1-25-12-9-19(18-8-10-22-14-23-18)24-20(25)26-11-4-5-15(13-26)16-6-2-3-7-17(16)21/h2-3,5-10,12,14,20H,4,11,13H2,1H3. The molecule has 1 unspecified atom stereocenters. The molecule has 132 valence electrons. The average molecular weight is 349 g/mol. The van der Waals surface area contributed by atoms with Gasteiger partial charge in [-0.05, 0) is 30.2 Å². The first-order valence-corrected chi connectivity index (χ1v) is 8.65. The van der Waals surface area contributed by atoms with E-state index in [0.29, 0.717) is 12.1 Å². The molecular weight excluding hydrogens is 329 g/mol. The first kappa shape index (κ1) is 16.6. The maximum absolute atomic E-state index is 14.2. The molecule has 0 radical (unpaired) electrons. The summed E-state index contributed by atoms with van der Waals surface area (Å²) in [4.78, 5) is 17.5. The van der Waals surface area contributed by atoms with E-state index in [1.165, 1.54) is 12.4 Å². The number of benzene rings is 1. The quantitative estimate of drug-likeness (QED) is 0.855. The van der Waals surface area contributed by atoms with Gasteiger partial charge >= 0.3 is 0 Å². The van der Waals surface area contributed by atoms with Crippen LogP contribution < -0.4 is 0 Å². The number of aliphatic imine (C=N–C) groups is 1. The molecule has 3 heterocycles. The zero-order chi connectivity index (χ0) is 17.9. The van der Waals surface area contributed by atoms with Crippen LogP contribution in [-0.4, -0.2) is 51.9 Å². The Bertz CT molecular complexity index is 875. The van der Waals surface area contributed by atoms with Gasteiger partial charge in [0.05, 0.1) is 11.4 Å². The van der Waals surface area contributed by atoms with Crippen molar-refractivity contribution in [1.29, 1.82) is 0 Å². The van der Waals surface area contributed by atoms with Crippen LogP contribution in [0.1, 0.15) is 17.7 Å². The van der Waals surface area contributed by atoms with Gasteiger partial charge in [-0.25, -0.2) is 19.4 Å². The zero-order valence-corrected chi connectivity index (χ0v) is 14.6. The van der Waals surface area contributed by atoms with Crippen molar-refractivity contribution in [3.05, 3.63) is 78.3 Å². The van der Waals surface area contributed by atoms with Crippen molar-refractivity contribution in [1.82, 2.24) is 19.8 Å². The molecule has 4 rings (SSSR count). The molecule has 1 aromatic heterocycles. The van der Waals surface area contributed by atoms with Crippen LogP contribution in [0, 0.1) is 5.82 Å². The van der Waals surface area contributed by atoms with Gasteiger partial charge in [0.2, 0.25) is 0 Å². The van der Waals surface area contributed by atoms with Gasteiger partial charge in [-0.2, -0.15) is 0 Å². The van der Waals surface area contributed by atoms with E-state index in [-0.39, 0.29) is 12.1 Å². The van der Waals surface area contributed by atoms with Gasteiger partial charge in [-0.3, -0.25) is 4.90 Å². The number of allylic oxidation sites excluding steroid dienone is 1. The highest BCUT2D eigenvalue weighted by Crippen LogP contribution is 2.26. The molecule has 2 aliphatic rings. The lowest BCUT2D eigenvalue weighted by Crippen LogP contribution is -2.47. The first-order valence-electron chi connectivity index (χ1n) is 8.65. The summed E-state index contributed by atoms with van der Waals surface area (Å²) in [5.74, 6) is -0.178. The van der Waals surface area contributed by atoms with Gasteiger partial charge in [0.1, 0.15) is 12.1 Å². The molecule has 0 fully saturated rings. The summed E-state index contributed by atoms with van der Waals surface area (Å²) >= 11 is 0. The summed E-state index contributed by atoms with van der Waals surface area (Å²) in [6.07, 6.45) is 10.1. The molecule has 6 heteroatoms. The number of hydrogen-bond acceptors (Lipinski definition) is 5. The summed E-state index contributed by atoms with van der Waals surface area (Å²) in [6, 6.07) is 8.80. The normalized spacial score (nSPS) is 20.7. The topological polar surface area (TPSA) is 44.6 Å². The molecule has 2 aliphatic heterocycles. The van der Waals surface area contributed by atoms with Gasteiger partial charge in [0.25, 0.3) is 0 Å². The summed E-state index contributed by atoms with van der Waals surface area (Å²) < 4.78 is 14.2. The molecule has 0 saturated heterocycles. The van der Waals surface area contributed by atoms with Crippen molar-refractivity contribution in [2.75, 3.05) is 20.1 Å². The van der Waals surface area contributed by atoms with Crippen molar-refractivity contribution in [2.24, 2.45) is 4.99 Å². The molecule has 2 aromatic rings. The van der Waals surface area contributed by atoms with Gasteiger partial charge < -0.3 is 4.90 Å². The van der Waals surface area contributed by atoms with E-state index >= 15 is 0 Å². The summed E-state index contributed by atoms with van der Waals surface area (Å²) in [6.45, 7) is 1.53. The van der Waals surface area contributed by atoms with Crippen LogP contribution in [0.3, 0.4) is 0 Å². The molecule has 0 spiro atoms. The molecule has 26 heavy (non-hydrogen) atoms. The van der Waals surface area contributed by atoms with Crippen LogP contribution >= 0.6 is 0 Å². The van der Waals surface area contributed by atoms with Crippen LogP contribution in [0.2, 0.25) is 0 Å². The Balaban J connectivity index is 1.59. The third kappa shape index (κ3) is 3.28. The van der Waals surface area contributed by atoms with E-state index in [1.807, 2.05) is 37.5 Å². The van der Waals surface area contributed by atoms with Crippen molar-refractivity contribution < 1.29 is 4.39 Å². The van der Waals surface area contributed by atoms with Crippen LogP contribution in [0.4, 0.5) is 4.39 Å². The van der Waals surface area contributed by atoms with Crippen LogP contribution in [0.25, 0.3) is 5.57 Å². The van der Waals surface area contributed by atoms with E-state index in [4.69, 9.17) is 4.99 Å². The van der Waals surface area contributed by atoms with E-state index in [0.717, 1.165) is 29.9 Å². The molecule has 0 saturated carbocycles. The highest BCUT2D eigenvalue weighted by atomic mass is 19.1.